The van der Waals surface area contributed by atoms with E-state index < -0.39 is 0 Å². The van der Waals surface area contributed by atoms with Gasteiger partial charge in [0.05, 0.1) is 18.1 Å². The van der Waals surface area contributed by atoms with Crippen molar-refractivity contribution in [3.63, 3.8) is 0 Å². The fourth-order valence-corrected chi connectivity index (χ4v) is 5.31. The second kappa shape index (κ2) is 9.61. The van der Waals surface area contributed by atoms with Gasteiger partial charge in [-0.05, 0) is 43.7 Å². The Kier molecular flexibility index (Phi) is 6.81. The van der Waals surface area contributed by atoms with E-state index in [1.54, 1.807) is 18.7 Å². The monoisotopic (exact) mass is 456 g/mol. The third-order valence-electron chi connectivity index (χ3n) is 7.39. The number of imidazole rings is 1. The number of aryl methyl sites for hydroxylation is 1. The first kappa shape index (κ1) is 23.4. The number of ether oxygens (including phenoxy) is 1. The Hall–Kier alpha value is -2.77. The van der Waals surface area contributed by atoms with Crippen molar-refractivity contribution in [3.8, 4) is 5.75 Å². The molecule has 1 aliphatic carbocycles. The molecule has 1 aromatic carbocycles. The molecule has 2 amide bonds. The Morgan fingerprint density at radius 1 is 1.00 bits per heavy atom. The molecular weight excluding hydrogens is 420 g/mol. The summed E-state index contributed by atoms with van der Waals surface area (Å²) < 4.78 is 8.90. The summed E-state index contributed by atoms with van der Waals surface area (Å²) in [6.45, 7) is 7.02. The first-order valence-electron chi connectivity index (χ1n) is 12.1. The number of hydrogen-bond donors (Lipinski definition) is 0. The smallest absolute Gasteiger partial charge is 0.328 e. The van der Waals surface area contributed by atoms with E-state index in [2.05, 4.69) is 0 Å². The van der Waals surface area contributed by atoms with Crippen LogP contribution in [0.3, 0.4) is 0 Å². The predicted molar refractivity (Wildman–Crippen MR) is 127 cm³/mol. The van der Waals surface area contributed by atoms with Gasteiger partial charge in [-0.25, -0.2) is 4.79 Å². The molecule has 2 heterocycles. The molecule has 0 N–H and O–H groups in total. The molecule has 2 aromatic rings. The lowest BCUT2D eigenvalue weighted by Gasteiger charge is -2.38. The van der Waals surface area contributed by atoms with E-state index in [0.29, 0.717) is 38.6 Å². The normalized spacial score (nSPS) is 21.6. The van der Waals surface area contributed by atoms with Crippen LogP contribution in [0.25, 0.3) is 11.0 Å². The molecule has 1 aromatic heterocycles. The molecule has 0 spiro atoms. The Bertz CT molecular complexity index is 1070. The van der Waals surface area contributed by atoms with Crippen molar-refractivity contribution >= 4 is 22.8 Å². The number of amides is 2. The molecular formula is C25H36N4O4. The molecule has 0 bridgehead atoms. The van der Waals surface area contributed by atoms with Crippen molar-refractivity contribution in [2.24, 2.45) is 24.8 Å². The number of aromatic nitrogens is 2. The summed E-state index contributed by atoms with van der Waals surface area (Å²) in [7, 11) is 3.44. The zero-order chi connectivity index (χ0) is 23.7. The van der Waals surface area contributed by atoms with Gasteiger partial charge in [-0.15, -0.1) is 0 Å². The second-order valence-electron chi connectivity index (χ2n) is 9.83. The fourth-order valence-electron chi connectivity index (χ4n) is 5.31. The largest absolute Gasteiger partial charge is 0.497 e. The van der Waals surface area contributed by atoms with Crippen molar-refractivity contribution < 1.29 is 14.3 Å². The average Bonchev–Trinajstić information content (AvgIpc) is 3.07. The lowest BCUT2D eigenvalue weighted by molar-refractivity contribution is -0.144. The summed E-state index contributed by atoms with van der Waals surface area (Å²) in [5.41, 5.74) is 1.79. The summed E-state index contributed by atoms with van der Waals surface area (Å²) in [5.74, 6) is 1.58. The van der Waals surface area contributed by atoms with Gasteiger partial charge in [-0.2, -0.15) is 0 Å². The number of hydrogen-bond acceptors (Lipinski definition) is 4. The van der Waals surface area contributed by atoms with Crippen LogP contribution >= 0.6 is 0 Å². The van der Waals surface area contributed by atoms with Crippen LogP contribution in [0.5, 0.6) is 5.75 Å². The number of carbonyl (C=O) groups is 2. The lowest BCUT2D eigenvalue weighted by atomic mass is 9.81. The van der Waals surface area contributed by atoms with Crippen LogP contribution in [0, 0.1) is 17.8 Å². The van der Waals surface area contributed by atoms with Crippen LogP contribution in [0.1, 0.15) is 39.5 Å². The van der Waals surface area contributed by atoms with Crippen LogP contribution < -0.4 is 10.4 Å². The molecule has 0 unspecified atom stereocenters. The molecule has 1 saturated carbocycles. The van der Waals surface area contributed by atoms with Gasteiger partial charge in [0, 0.05) is 57.7 Å². The van der Waals surface area contributed by atoms with E-state index in [-0.39, 0.29) is 29.3 Å². The lowest BCUT2D eigenvalue weighted by Crippen LogP contribution is -2.53. The summed E-state index contributed by atoms with van der Waals surface area (Å²) in [5, 5.41) is 0. The van der Waals surface area contributed by atoms with E-state index in [1.807, 2.05) is 46.4 Å². The highest BCUT2D eigenvalue weighted by molar-refractivity contribution is 5.81. The van der Waals surface area contributed by atoms with E-state index in [9.17, 15) is 14.4 Å². The SMILES string of the molecule is COc1ccc2c(c1)n(CC1CCC(C(=O)N3CCN(C(=O)C(C)C)CC3)CC1)c(=O)n2C. The third-order valence-corrected chi connectivity index (χ3v) is 7.39. The molecule has 1 aliphatic heterocycles. The molecule has 1 saturated heterocycles. The van der Waals surface area contributed by atoms with Crippen LogP contribution in [0.15, 0.2) is 23.0 Å². The zero-order valence-electron chi connectivity index (χ0n) is 20.2. The molecule has 2 fully saturated rings. The van der Waals surface area contributed by atoms with E-state index in [4.69, 9.17) is 4.74 Å². The van der Waals surface area contributed by atoms with Crippen molar-refractivity contribution in [2.75, 3.05) is 33.3 Å². The quantitative estimate of drug-likeness (QED) is 0.693. The highest BCUT2D eigenvalue weighted by Crippen LogP contribution is 2.32. The maximum absolute atomic E-state index is 13.1. The molecule has 0 atom stereocenters. The number of carbonyl (C=O) groups excluding carboxylic acids is 2. The summed E-state index contributed by atoms with van der Waals surface area (Å²) in [6, 6.07) is 5.73. The molecule has 8 nitrogen and oxygen atoms in total. The van der Waals surface area contributed by atoms with E-state index >= 15 is 0 Å². The number of methoxy groups -OCH3 is 1. The zero-order valence-corrected chi connectivity index (χ0v) is 20.2. The van der Waals surface area contributed by atoms with Crippen LogP contribution in [0.4, 0.5) is 0 Å². The third kappa shape index (κ3) is 4.66. The maximum atomic E-state index is 13.1. The second-order valence-corrected chi connectivity index (χ2v) is 9.83. The Morgan fingerprint density at radius 3 is 2.24 bits per heavy atom. The highest BCUT2D eigenvalue weighted by atomic mass is 16.5. The topological polar surface area (TPSA) is 76.8 Å². The Labute approximate surface area is 195 Å². The first-order valence-corrected chi connectivity index (χ1v) is 12.1. The van der Waals surface area contributed by atoms with Crippen molar-refractivity contribution in [3.05, 3.63) is 28.7 Å². The van der Waals surface area contributed by atoms with Gasteiger partial charge < -0.3 is 14.5 Å². The molecule has 180 valence electrons. The first-order chi connectivity index (χ1) is 15.8. The van der Waals surface area contributed by atoms with Crippen molar-refractivity contribution in [2.45, 2.75) is 46.1 Å². The number of nitrogens with zero attached hydrogens (tertiary/aromatic N) is 4. The molecule has 2 aliphatic rings. The van der Waals surface area contributed by atoms with Crippen molar-refractivity contribution in [1.29, 1.82) is 0 Å². The maximum Gasteiger partial charge on any atom is 0.328 e. The van der Waals surface area contributed by atoms with Gasteiger partial charge in [0.1, 0.15) is 5.75 Å². The molecule has 8 heteroatoms. The minimum atomic E-state index is -0.00901. The number of benzene rings is 1. The van der Waals surface area contributed by atoms with Crippen LogP contribution in [-0.2, 0) is 23.2 Å². The number of fused-ring (bicyclic) bond motifs is 1. The van der Waals surface area contributed by atoms with Crippen LogP contribution in [0.2, 0.25) is 0 Å². The highest BCUT2D eigenvalue weighted by Gasteiger charge is 2.32. The van der Waals surface area contributed by atoms with Crippen LogP contribution in [-0.4, -0.2) is 64.0 Å². The van der Waals surface area contributed by atoms with Gasteiger partial charge in [0.25, 0.3) is 0 Å². The molecule has 0 radical (unpaired) electrons. The predicted octanol–water partition coefficient (Wildman–Crippen LogP) is 2.48. The van der Waals surface area contributed by atoms with Gasteiger partial charge >= 0.3 is 5.69 Å². The van der Waals surface area contributed by atoms with Gasteiger partial charge in [-0.1, -0.05) is 13.8 Å². The minimum absolute atomic E-state index is 0.00198. The van der Waals surface area contributed by atoms with Gasteiger partial charge in [0.2, 0.25) is 11.8 Å². The standard InChI is InChI=1S/C25H36N4O4/c1-17(2)23(30)27-11-13-28(14-12-27)24(31)19-7-5-18(6-8-19)16-29-22-15-20(33-4)9-10-21(22)26(3)25(29)32/h9-10,15,17-19H,5-8,11-14,16H2,1-4H3. The molecule has 33 heavy (non-hydrogen) atoms. The Balaban J connectivity index is 1.34. The van der Waals surface area contributed by atoms with E-state index in [1.165, 1.54) is 0 Å². The van der Waals surface area contributed by atoms with E-state index in [0.717, 1.165) is 42.5 Å². The summed E-state index contributed by atoms with van der Waals surface area (Å²) >= 11 is 0. The minimum Gasteiger partial charge on any atom is -0.497 e. The van der Waals surface area contributed by atoms with Gasteiger partial charge in [-0.3, -0.25) is 18.7 Å². The van der Waals surface area contributed by atoms with Gasteiger partial charge in [0.15, 0.2) is 0 Å². The average molecular weight is 457 g/mol. The Morgan fingerprint density at radius 2 is 1.64 bits per heavy atom. The summed E-state index contributed by atoms with van der Waals surface area (Å²) in [6.07, 6.45) is 3.60. The molecule has 4 rings (SSSR count). The van der Waals surface area contributed by atoms with Crippen molar-refractivity contribution in [1.82, 2.24) is 18.9 Å². The summed E-state index contributed by atoms with van der Waals surface area (Å²) in [4.78, 5) is 41.9. The number of rotatable bonds is 5. The fraction of sp³-hybridized carbons (Fsp3) is 0.640. The number of piperazine rings is 1.